The normalized spacial score (nSPS) is 14.0. The maximum atomic E-state index is 11.9. The van der Waals surface area contributed by atoms with Crippen molar-refractivity contribution in [3.63, 3.8) is 0 Å². The van der Waals surface area contributed by atoms with Gasteiger partial charge in [-0.2, -0.15) is 5.10 Å². The van der Waals surface area contributed by atoms with Gasteiger partial charge in [-0.1, -0.05) is 29.8 Å². The number of carbonyl (C=O) groups excluding carboxylic acids is 1. The number of carbonyl (C=O) groups is 1. The van der Waals surface area contributed by atoms with Gasteiger partial charge in [0.05, 0.1) is 23.1 Å². The Bertz CT molecular complexity index is 987. The number of hydrogen-bond acceptors (Lipinski definition) is 4. The molecule has 6 heteroatoms. The third-order valence-electron chi connectivity index (χ3n) is 5.50. The van der Waals surface area contributed by atoms with E-state index in [4.69, 9.17) is 5.73 Å². The van der Waals surface area contributed by atoms with Crippen molar-refractivity contribution in [1.29, 1.82) is 0 Å². The lowest BCUT2D eigenvalue weighted by atomic mass is 10.1. The molecule has 6 nitrogen and oxygen atoms in total. The highest BCUT2D eigenvalue weighted by Gasteiger charge is 2.18. The molecule has 1 aliphatic heterocycles. The Morgan fingerprint density at radius 1 is 1.14 bits per heavy atom. The number of anilines is 2. The van der Waals surface area contributed by atoms with E-state index in [0.29, 0.717) is 12.1 Å². The van der Waals surface area contributed by atoms with Crippen LogP contribution in [0.4, 0.5) is 11.4 Å². The largest absolute Gasteiger partial charge is 0.381 e. The van der Waals surface area contributed by atoms with E-state index in [9.17, 15) is 4.79 Å². The number of primary amides is 1. The molecule has 150 valence electrons. The van der Waals surface area contributed by atoms with Crippen LogP contribution in [-0.2, 0) is 6.54 Å². The third-order valence-corrected chi connectivity index (χ3v) is 5.50. The number of rotatable bonds is 6. The summed E-state index contributed by atoms with van der Waals surface area (Å²) >= 11 is 0. The smallest absolute Gasteiger partial charge is 0.250 e. The molecule has 0 atom stereocenters. The molecule has 0 aliphatic carbocycles. The number of nitrogens with two attached hydrogens (primary N) is 1. The van der Waals surface area contributed by atoms with Gasteiger partial charge in [0.25, 0.3) is 5.91 Å². The Hall–Kier alpha value is -3.28. The first-order valence-corrected chi connectivity index (χ1v) is 10.1. The number of nitrogens with one attached hydrogen (secondary N) is 2. The molecule has 3 aromatic rings. The summed E-state index contributed by atoms with van der Waals surface area (Å²) in [7, 11) is 0. The number of aromatic amines is 1. The van der Waals surface area contributed by atoms with E-state index in [-0.39, 0.29) is 5.91 Å². The molecule has 0 spiro atoms. The molecule has 1 aromatic heterocycles. The van der Waals surface area contributed by atoms with Crippen molar-refractivity contribution < 1.29 is 4.79 Å². The van der Waals surface area contributed by atoms with Gasteiger partial charge in [0.1, 0.15) is 0 Å². The van der Waals surface area contributed by atoms with Gasteiger partial charge in [-0.15, -0.1) is 0 Å². The number of amides is 1. The monoisotopic (exact) mass is 389 g/mol. The van der Waals surface area contributed by atoms with Crippen LogP contribution in [0.15, 0.2) is 48.7 Å². The van der Waals surface area contributed by atoms with Crippen LogP contribution in [0.1, 0.15) is 40.7 Å². The average Bonchev–Trinajstić information content (AvgIpc) is 3.22. The Morgan fingerprint density at radius 3 is 2.62 bits per heavy atom. The van der Waals surface area contributed by atoms with E-state index in [2.05, 4.69) is 51.6 Å². The number of benzene rings is 2. The quantitative estimate of drug-likeness (QED) is 0.593. The molecule has 0 saturated carbocycles. The van der Waals surface area contributed by atoms with E-state index in [0.717, 1.165) is 54.1 Å². The summed E-state index contributed by atoms with van der Waals surface area (Å²) in [4.78, 5) is 14.2. The Morgan fingerprint density at radius 2 is 1.90 bits per heavy atom. The highest BCUT2D eigenvalue weighted by molar-refractivity contribution is 5.99. The highest BCUT2D eigenvalue weighted by atomic mass is 16.1. The first kappa shape index (κ1) is 19.1. The number of nitrogens with zero attached hydrogens (tertiary/aromatic N) is 2. The maximum absolute atomic E-state index is 11.9. The summed E-state index contributed by atoms with van der Waals surface area (Å²) in [6.45, 7) is 4.63. The molecular formula is C23H27N5O. The van der Waals surface area contributed by atoms with Crippen LogP contribution >= 0.6 is 0 Å². The van der Waals surface area contributed by atoms with Crippen molar-refractivity contribution in [2.24, 2.45) is 5.73 Å². The van der Waals surface area contributed by atoms with E-state index in [1.165, 1.54) is 12.0 Å². The van der Waals surface area contributed by atoms with Crippen LogP contribution < -0.4 is 16.0 Å². The van der Waals surface area contributed by atoms with Crippen molar-refractivity contribution in [3.05, 3.63) is 65.4 Å². The second kappa shape index (κ2) is 8.39. The van der Waals surface area contributed by atoms with Gasteiger partial charge in [0.2, 0.25) is 0 Å². The van der Waals surface area contributed by atoms with Crippen LogP contribution in [0.3, 0.4) is 0 Å². The molecule has 2 heterocycles. The zero-order valence-electron chi connectivity index (χ0n) is 16.7. The predicted octanol–water partition coefficient (Wildman–Crippen LogP) is 4.09. The summed E-state index contributed by atoms with van der Waals surface area (Å²) in [5.41, 5.74) is 12.5. The van der Waals surface area contributed by atoms with Crippen LogP contribution in [0, 0.1) is 6.92 Å². The Kier molecular flexibility index (Phi) is 5.51. The number of piperidine rings is 1. The number of aryl methyl sites for hydroxylation is 1. The summed E-state index contributed by atoms with van der Waals surface area (Å²) < 4.78 is 0. The molecule has 1 fully saturated rings. The minimum Gasteiger partial charge on any atom is -0.381 e. The zero-order valence-corrected chi connectivity index (χ0v) is 16.7. The van der Waals surface area contributed by atoms with Crippen molar-refractivity contribution in [1.82, 2.24) is 10.2 Å². The zero-order chi connectivity index (χ0) is 20.2. The molecule has 1 saturated heterocycles. The second-order valence-corrected chi connectivity index (χ2v) is 7.63. The topological polar surface area (TPSA) is 87.0 Å². The Balaban J connectivity index is 1.54. The fourth-order valence-corrected chi connectivity index (χ4v) is 3.86. The molecule has 4 rings (SSSR count). The predicted molar refractivity (Wildman–Crippen MR) is 117 cm³/mol. The van der Waals surface area contributed by atoms with Gasteiger partial charge in [-0.3, -0.25) is 9.89 Å². The number of H-pyrrole nitrogens is 1. The van der Waals surface area contributed by atoms with Gasteiger partial charge in [-0.25, -0.2) is 0 Å². The summed E-state index contributed by atoms with van der Waals surface area (Å²) in [6.07, 6.45) is 5.38. The minimum absolute atomic E-state index is 0.381. The van der Waals surface area contributed by atoms with Crippen molar-refractivity contribution in [2.75, 3.05) is 23.3 Å². The maximum Gasteiger partial charge on any atom is 0.250 e. The lowest BCUT2D eigenvalue weighted by Gasteiger charge is -2.30. The molecule has 0 radical (unpaired) electrons. The second-order valence-electron chi connectivity index (χ2n) is 7.63. The van der Waals surface area contributed by atoms with E-state index in [1.54, 1.807) is 0 Å². The van der Waals surface area contributed by atoms with Crippen molar-refractivity contribution in [3.8, 4) is 11.3 Å². The molecule has 4 N–H and O–H groups in total. The van der Waals surface area contributed by atoms with Crippen molar-refractivity contribution >= 4 is 17.3 Å². The highest BCUT2D eigenvalue weighted by Crippen LogP contribution is 2.28. The molecule has 2 aromatic carbocycles. The molecule has 29 heavy (non-hydrogen) atoms. The number of hydrogen-bond donors (Lipinski definition) is 3. The fraction of sp³-hybridized carbons (Fsp3) is 0.304. The van der Waals surface area contributed by atoms with Gasteiger partial charge in [0.15, 0.2) is 0 Å². The lowest BCUT2D eigenvalue weighted by Crippen LogP contribution is -2.31. The summed E-state index contributed by atoms with van der Waals surface area (Å²) in [5, 5.41) is 10.8. The molecule has 0 unspecified atom stereocenters. The lowest BCUT2D eigenvalue weighted by molar-refractivity contribution is 0.100. The van der Waals surface area contributed by atoms with E-state index < -0.39 is 0 Å². The Labute approximate surface area is 171 Å². The fourth-order valence-electron chi connectivity index (χ4n) is 3.86. The first-order valence-electron chi connectivity index (χ1n) is 10.1. The average molecular weight is 390 g/mol. The van der Waals surface area contributed by atoms with E-state index in [1.807, 2.05) is 24.4 Å². The van der Waals surface area contributed by atoms with Crippen LogP contribution in [0.2, 0.25) is 0 Å². The summed E-state index contributed by atoms with van der Waals surface area (Å²) in [5.74, 6) is -0.381. The molecular weight excluding hydrogens is 362 g/mol. The molecule has 1 amide bonds. The summed E-state index contributed by atoms with van der Waals surface area (Å²) in [6, 6.07) is 14.2. The SMILES string of the molecule is Cc1ccc(-c2[nH]ncc2CNc2ccc(C(N)=O)c(N3CCCCC3)c2)cc1. The van der Waals surface area contributed by atoms with Gasteiger partial charge >= 0.3 is 0 Å². The van der Waals surface area contributed by atoms with E-state index >= 15 is 0 Å². The van der Waals surface area contributed by atoms with Gasteiger partial charge in [-0.05, 0) is 49.9 Å². The van der Waals surface area contributed by atoms with Gasteiger partial charge < -0.3 is 16.0 Å². The number of aromatic nitrogens is 2. The van der Waals surface area contributed by atoms with Crippen LogP contribution in [0.25, 0.3) is 11.3 Å². The molecule has 0 bridgehead atoms. The van der Waals surface area contributed by atoms with Crippen molar-refractivity contribution in [2.45, 2.75) is 32.7 Å². The van der Waals surface area contributed by atoms with Crippen LogP contribution in [-0.4, -0.2) is 29.2 Å². The standard InChI is InChI=1S/C23H27N5O/c1-16-5-7-17(8-6-16)22-18(15-26-27-22)14-25-19-9-10-20(23(24)29)21(13-19)28-11-3-2-4-12-28/h5-10,13,15,25H,2-4,11-12,14H2,1H3,(H2,24,29)(H,26,27). The van der Waals surface area contributed by atoms with Gasteiger partial charge in [0, 0.05) is 30.9 Å². The van der Waals surface area contributed by atoms with Crippen LogP contribution in [0.5, 0.6) is 0 Å². The molecule has 1 aliphatic rings. The minimum atomic E-state index is -0.381. The first-order chi connectivity index (χ1) is 14.1. The third kappa shape index (κ3) is 4.26.